The SMILES string of the molecule is N#CC(CCOCC1CCOCC1)NC1CC1. The third-order valence-electron chi connectivity index (χ3n) is 3.42. The highest BCUT2D eigenvalue weighted by Crippen LogP contribution is 2.20. The van der Waals surface area contributed by atoms with E-state index in [1.54, 1.807) is 0 Å². The minimum Gasteiger partial charge on any atom is -0.381 e. The Bertz CT molecular complexity index is 255. The van der Waals surface area contributed by atoms with Crippen LogP contribution >= 0.6 is 0 Å². The van der Waals surface area contributed by atoms with Crippen molar-refractivity contribution in [2.45, 2.75) is 44.2 Å². The van der Waals surface area contributed by atoms with E-state index in [0.717, 1.165) is 39.1 Å². The van der Waals surface area contributed by atoms with Gasteiger partial charge in [0.05, 0.1) is 12.1 Å². The van der Waals surface area contributed by atoms with Gasteiger partial charge in [0.15, 0.2) is 0 Å². The summed E-state index contributed by atoms with van der Waals surface area (Å²) in [5.41, 5.74) is 0. The summed E-state index contributed by atoms with van der Waals surface area (Å²) < 4.78 is 11.0. The van der Waals surface area contributed by atoms with Gasteiger partial charge in [-0.3, -0.25) is 5.32 Å². The Kier molecular flexibility index (Phi) is 5.24. The first-order chi connectivity index (χ1) is 8.38. The highest BCUT2D eigenvalue weighted by atomic mass is 16.5. The van der Waals surface area contributed by atoms with E-state index in [-0.39, 0.29) is 6.04 Å². The topological polar surface area (TPSA) is 54.3 Å². The summed E-state index contributed by atoms with van der Waals surface area (Å²) in [6, 6.07) is 2.86. The summed E-state index contributed by atoms with van der Waals surface area (Å²) in [6.07, 6.45) is 5.47. The van der Waals surface area contributed by atoms with E-state index in [0.29, 0.717) is 18.6 Å². The highest BCUT2D eigenvalue weighted by Gasteiger charge is 2.24. The molecule has 0 spiro atoms. The average molecular weight is 238 g/mol. The van der Waals surface area contributed by atoms with Crippen LogP contribution in [0, 0.1) is 17.2 Å². The fourth-order valence-electron chi connectivity index (χ4n) is 2.08. The van der Waals surface area contributed by atoms with E-state index < -0.39 is 0 Å². The maximum atomic E-state index is 8.97. The number of nitrogens with zero attached hydrogens (tertiary/aromatic N) is 1. The first kappa shape index (κ1) is 12.8. The smallest absolute Gasteiger partial charge is 0.0977 e. The first-order valence-corrected chi connectivity index (χ1v) is 6.69. The maximum absolute atomic E-state index is 8.97. The summed E-state index contributed by atoms with van der Waals surface area (Å²) in [6.45, 7) is 3.26. The fraction of sp³-hybridized carbons (Fsp3) is 0.923. The number of ether oxygens (including phenoxy) is 2. The Hall–Kier alpha value is -0.630. The predicted molar refractivity (Wildman–Crippen MR) is 64.5 cm³/mol. The van der Waals surface area contributed by atoms with E-state index in [4.69, 9.17) is 14.7 Å². The van der Waals surface area contributed by atoms with Crippen LogP contribution < -0.4 is 5.32 Å². The van der Waals surface area contributed by atoms with Gasteiger partial charge in [0.25, 0.3) is 0 Å². The van der Waals surface area contributed by atoms with Crippen molar-refractivity contribution in [3.8, 4) is 6.07 Å². The van der Waals surface area contributed by atoms with Crippen LogP contribution in [-0.4, -0.2) is 38.5 Å². The van der Waals surface area contributed by atoms with Gasteiger partial charge in [0.2, 0.25) is 0 Å². The number of nitrogens with one attached hydrogen (secondary N) is 1. The van der Waals surface area contributed by atoms with Crippen LogP contribution in [-0.2, 0) is 9.47 Å². The Balaban J connectivity index is 1.50. The van der Waals surface area contributed by atoms with Crippen molar-refractivity contribution in [2.24, 2.45) is 5.92 Å². The summed E-state index contributed by atoms with van der Waals surface area (Å²) in [7, 11) is 0. The van der Waals surface area contributed by atoms with Crippen molar-refractivity contribution < 1.29 is 9.47 Å². The first-order valence-electron chi connectivity index (χ1n) is 6.69. The standard InChI is InChI=1S/C13H22N2O2/c14-9-13(15-12-1-2-12)5-8-17-10-11-3-6-16-7-4-11/h11-13,15H,1-8,10H2. The predicted octanol–water partition coefficient (Wildman–Crippen LogP) is 1.46. The van der Waals surface area contributed by atoms with Crippen molar-refractivity contribution in [1.29, 1.82) is 5.26 Å². The molecule has 1 saturated heterocycles. The van der Waals surface area contributed by atoms with Gasteiger partial charge in [-0.1, -0.05) is 0 Å². The van der Waals surface area contributed by atoms with Crippen LogP contribution in [0.3, 0.4) is 0 Å². The highest BCUT2D eigenvalue weighted by molar-refractivity contribution is 4.95. The second kappa shape index (κ2) is 6.95. The zero-order chi connectivity index (χ0) is 11.9. The molecule has 0 bridgehead atoms. The van der Waals surface area contributed by atoms with Crippen molar-refractivity contribution in [1.82, 2.24) is 5.32 Å². The molecule has 0 aromatic carbocycles. The van der Waals surface area contributed by atoms with Gasteiger partial charge in [-0.05, 0) is 38.0 Å². The lowest BCUT2D eigenvalue weighted by Crippen LogP contribution is -2.31. The lowest BCUT2D eigenvalue weighted by Gasteiger charge is -2.22. The molecule has 1 heterocycles. The van der Waals surface area contributed by atoms with Crippen LogP contribution in [0.5, 0.6) is 0 Å². The molecule has 17 heavy (non-hydrogen) atoms. The minimum absolute atomic E-state index is 0.0304. The molecular weight excluding hydrogens is 216 g/mol. The molecule has 1 saturated carbocycles. The molecule has 96 valence electrons. The number of hydrogen-bond acceptors (Lipinski definition) is 4. The third-order valence-corrected chi connectivity index (χ3v) is 3.42. The van der Waals surface area contributed by atoms with Crippen LogP contribution in [0.4, 0.5) is 0 Å². The van der Waals surface area contributed by atoms with E-state index in [1.807, 2.05) is 0 Å². The fourth-order valence-corrected chi connectivity index (χ4v) is 2.08. The quantitative estimate of drug-likeness (QED) is 0.682. The zero-order valence-corrected chi connectivity index (χ0v) is 10.4. The Morgan fingerprint density at radius 2 is 2.06 bits per heavy atom. The van der Waals surface area contributed by atoms with Crippen LogP contribution in [0.1, 0.15) is 32.1 Å². The number of hydrogen-bond donors (Lipinski definition) is 1. The molecule has 1 atom stereocenters. The molecule has 0 radical (unpaired) electrons. The third kappa shape index (κ3) is 5.03. The monoisotopic (exact) mass is 238 g/mol. The molecule has 1 aliphatic heterocycles. The number of nitriles is 1. The molecule has 2 rings (SSSR count). The van der Waals surface area contributed by atoms with Crippen molar-refractivity contribution in [3.05, 3.63) is 0 Å². The Morgan fingerprint density at radius 1 is 1.29 bits per heavy atom. The van der Waals surface area contributed by atoms with Gasteiger partial charge in [-0.2, -0.15) is 5.26 Å². The van der Waals surface area contributed by atoms with Gasteiger partial charge in [-0.15, -0.1) is 0 Å². The van der Waals surface area contributed by atoms with E-state index in [1.165, 1.54) is 12.8 Å². The lowest BCUT2D eigenvalue weighted by molar-refractivity contribution is 0.0194. The van der Waals surface area contributed by atoms with Gasteiger partial charge < -0.3 is 9.47 Å². The molecule has 1 N–H and O–H groups in total. The second-order valence-electron chi connectivity index (χ2n) is 5.04. The molecule has 0 aromatic rings. The number of rotatable bonds is 7. The Labute approximate surface area is 103 Å². The van der Waals surface area contributed by atoms with Crippen molar-refractivity contribution in [3.63, 3.8) is 0 Å². The second-order valence-corrected chi connectivity index (χ2v) is 5.04. The molecule has 0 amide bonds. The lowest BCUT2D eigenvalue weighted by atomic mass is 10.0. The maximum Gasteiger partial charge on any atom is 0.0977 e. The summed E-state index contributed by atoms with van der Waals surface area (Å²) in [4.78, 5) is 0. The van der Waals surface area contributed by atoms with Gasteiger partial charge in [-0.25, -0.2) is 0 Å². The molecule has 0 aromatic heterocycles. The largest absolute Gasteiger partial charge is 0.381 e. The Morgan fingerprint density at radius 3 is 2.71 bits per heavy atom. The van der Waals surface area contributed by atoms with Gasteiger partial charge in [0.1, 0.15) is 0 Å². The van der Waals surface area contributed by atoms with E-state index >= 15 is 0 Å². The average Bonchev–Trinajstić information content (AvgIpc) is 3.18. The van der Waals surface area contributed by atoms with Crippen molar-refractivity contribution >= 4 is 0 Å². The minimum atomic E-state index is -0.0304. The van der Waals surface area contributed by atoms with E-state index in [2.05, 4.69) is 11.4 Å². The van der Waals surface area contributed by atoms with Crippen LogP contribution in [0.15, 0.2) is 0 Å². The molecular formula is C13H22N2O2. The molecule has 2 fully saturated rings. The molecule has 4 heteroatoms. The molecule has 1 unspecified atom stereocenters. The van der Waals surface area contributed by atoms with E-state index in [9.17, 15) is 0 Å². The van der Waals surface area contributed by atoms with Crippen LogP contribution in [0.25, 0.3) is 0 Å². The van der Waals surface area contributed by atoms with Crippen molar-refractivity contribution in [2.75, 3.05) is 26.4 Å². The molecule has 4 nitrogen and oxygen atoms in total. The molecule has 1 aliphatic carbocycles. The summed E-state index contributed by atoms with van der Waals surface area (Å²) in [5, 5.41) is 12.3. The summed E-state index contributed by atoms with van der Waals surface area (Å²) >= 11 is 0. The molecule has 2 aliphatic rings. The zero-order valence-electron chi connectivity index (χ0n) is 10.4. The normalized spacial score (nSPS) is 23.2. The van der Waals surface area contributed by atoms with Crippen LogP contribution in [0.2, 0.25) is 0 Å². The van der Waals surface area contributed by atoms with Gasteiger partial charge in [0, 0.05) is 32.5 Å². The van der Waals surface area contributed by atoms with Gasteiger partial charge >= 0.3 is 0 Å². The summed E-state index contributed by atoms with van der Waals surface area (Å²) in [5.74, 6) is 0.653.